The lowest BCUT2D eigenvalue weighted by molar-refractivity contribution is -0.168. The Morgan fingerprint density at radius 3 is 2.47 bits per heavy atom. The molecular formula is C31H40N2O3. The summed E-state index contributed by atoms with van der Waals surface area (Å²) < 4.78 is 6.27. The van der Waals surface area contributed by atoms with Gasteiger partial charge in [0.15, 0.2) is 0 Å². The fourth-order valence-corrected chi connectivity index (χ4v) is 8.24. The largest absolute Gasteiger partial charge is 0.454 e. The van der Waals surface area contributed by atoms with Crippen LogP contribution >= 0.6 is 0 Å². The number of carbonyl (C=O) groups excluding carboxylic acids is 1. The number of carbonyl (C=O) groups is 1. The third-order valence-corrected chi connectivity index (χ3v) is 9.82. The Bertz CT molecular complexity index is 1170. The van der Waals surface area contributed by atoms with Gasteiger partial charge >= 0.3 is 5.97 Å². The molecule has 5 rings (SSSR count). The van der Waals surface area contributed by atoms with E-state index in [2.05, 4.69) is 68.0 Å². The highest BCUT2D eigenvalue weighted by molar-refractivity contribution is 5.97. The van der Waals surface area contributed by atoms with Crippen LogP contribution in [0, 0.1) is 17.3 Å². The van der Waals surface area contributed by atoms with Crippen molar-refractivity contribution in [2.45, 2.75) is 77.2 Å². The summed E-state index contributed by atoms with van der Waals surface area (Å²) in [6.07, 6.45) is 8.75. The SMILES string of the molecule is C=C(C)[C@@]1(OC(C)=O)CC[C@H]2C3CCC4=C/C(=N\O)CCC4=C3C(c3ccc(N(C)C)cc3)CC21C. The van der Waals surface area contributed by atoms with Crippen LogP contribution in [0.25, 0.3) is 0 Å². The lowest BCUT2D eigenvalue weighted by Gasteiger charge is -2.56. The summed E-state index contributed by atoms with van der Waals surface area (Å²) in [6, 6.07) is 9.01. The number of anilines is 1. The Kier molecular flexibility index (Phi) is 6.17. The molecule has 2 fully saturated rings. The van der Waals surface area contributed by atoms with E-state index in [1.807, 2.05) is 6.92 Å². The second-order valence-corrected chi connectivity index (χ2v) is 11.8. The maximum atomic E-state index is 12.4. The molecule has 0 heterocycles. The molecule has 2 saturated carbocycles. The van der Waals surface area contributed by atoms with E-state index in [1.165, 1.54) is 29.3 Å². The zero-order valence-electron chi connectivity index (χ0n) is 22.4. The molecule has 1 N–H and O–H groups in total. The zero-order chi connectivity index (χ0) is 25.8. The number of benzene rings is 1. The van der Waals surface area contributed by atoms with Gasteiger partial charge in [0.05, 0.1) is 5.71 Å². The third kappa shape index (κ3) is 3.65. The van der Waals surface area contributed by atoms with Crippen LogP contribution in [0.4, 0.5) is 5.69 Å². The molecule has 5 atom stereocenters. The molecule has 4 aliphatic rings. The maximum absolute atomic E-state index is 12.4. The molecule has 0 aliphatic heterocycles. The number of rotatable bonds is 4. The summed E-state index contributed by atoms with van der Waals surface area (Å²) in [6.45, 7) is 10.3. The molecule has 1 aromatic carbocycles. The third-order valence-electron chi connectivity index (χ3n) is 9.82. The smallest absolute Gasteiger partial charge is 0.303 e. The van der Waals surface area contributed by atoms with E-state index in [0.717, 1.165) is 56.2 Å². The van der Waals surface area contributed by atoms with E-state index in [4.69, 9.17) is 4.74 Å². The summed E-state index contributed by atoms with van der Waals surface area (Å²) in [4.78, 5) is 14.5. The van der Waals surface area contributed by atoms with Crippen molar-refractivity contribution in [2.75, 3.05) is 19.0 Å². The number of fused-ring (bicyclic) bond motifs is 4. The van der Waals surface area contributed by atoms with Crippen molar-refractivity contribution in [1.29, 1.82) is 0 Å². The van der Waals surface area contributed by atoms with Gasteiger partial charge in [0, 0.05) is 38.0 Å². The number of allylic oxidation sites excluding steroid dienone is 4. The van der Waals surface area contributed by atoms with Gasteiger partial charge in [-0.1, -0.05) is 36.4 Å². The van der Waals surface area contributed by atoms with E-state index in [-0.39, 0.29) is 17.3 Å². The van der Waals surface area contributed by atoms with E-state index in [9.17, 15) is 10.0 Å². The van der Waals surface area contributed by atoms with Gasteiger partial charge in [0.25, 0.3) is 0 Å². The van der Waals surface area contributed by atoms with Gasteiger partial charge in [-0.3, -0.25) is 4.79 Å². The Labute approximate surface area is 215 Å². The van der Waals surface area contributed by atoms with Crippen LogP contribution in [0.1, 0.15) is 77.2 Å². The highest BCUT2D eigenvalue weighted by Crippen LogP contribution is 2.68. The molecule has 5 heteroatoms. The van der Waals surface area contributed by atoms with Crippen LogP contribution in [-0.2, 0) is 9.53 Å². The first-order chi connectivity index (χ1) is 17.1. The fourth-order valence-electron chi connectivity index (χ4n) is 8.24. The van der Waals surface area contributed by atoms with E-state index >= 15 is 0 Å². The summed E-state index contributed by atoms with van der Waals surface area (Å²) in [5.74, 6) is 0.945. The molecule has 0 radical (unpaired) electrons. The van der Waals surface area contributed by atoms with Crippen molar-refractivity contribution < 1.29 is 14.7 Å². The van der Waals surface area contributed by atoms with Crippen molar-refractivity contribution >= 4 is 17.4 Å². The minimum absolute atomic E-state index is 0.183. The first-order valence-corrected chi connectivity index (χ1v) is 13.4. The van der Waals surface area contributed by atoms with Crippen molar-refractivity contribution in [3.05, 3.63) is 64.8 Å². The molecular weight excluding hydrogens is 448 g/mol. The van der Waals surface area contributed by atoms with Gasteiger partial charge < -0.3 is 14.8 Å². The minimum atomic E-state index is -0.624. The van der Waals surface area contributed by atoms with Crippen molar-refractivity contribution in [3.63, 3.8) is 0 Å². The molecule has 192 valence electrons. The monoisotopic (exact) mass is 488 g/mol. The highest BCUT2D eigenvalue weighted by atomic mass is 16.6. The lowest BCUT2D eigenvalue weighted by atomic mass is 9.50. The number of hydrogen-bond donors (Lipinski definition) is 1. The number of hydrogen-bond acceptors (Lipinski definition) is 5. The topological polar surface area (TPSA) is 62.1 Å². The zero-order valence-corrected chi connectivity index (χ0v) is 22.4. The minimum Gasteiger partial charge on any atom is -0.454 e. The van der Waals surface area contributed by atoms with Gasteiger partial charge in [0.2, 0.25) is 0 Å². The van der Waals surface area contributed by atoms with Crippen LogP contribution < -0.4 is 4.90 Å². The maximum Gasteiger partial charge on any atom is 0.303 e. The first kappa shape index (κ1) is 24.9. The van der Waals surface area contributed by atoms with Crippen LogP contribution in [0.2, 0.25) is 0 Å². The Morgan fingerprint density at radius 2 is 1.86 bits per heavy atom. The Morgan fingerprint density at radius 1 is 1.14 bits per heavy atom. The molecule has 0 aromatic heterocycles. The second-order valence-electron chi connectivity index (χ2n) is 11.8. The van der Waals surface area contributed by atoms with Gasteiger partial charge in [0.1, 0.15) is 5.60 Å². The van der Waals surface area contributed by atoms with Gasteiger partial charge in [-0.25, -0.2) is 0 Å². The summed E-state index contributed by atoms with van der Waals surface area (Å²) in [7, 11) is 4.14. The standard InChI is InChI=1S/C31H40N2O3/c1-19(2)31(36-20(3)34)16-15-28-26-13-9-22-17-23(32-35)10-14-25(22)29(26)27(18-30(28,31)4)21-7-11-24(12-8-21)33(5)6/h7-8,11-12,17,26-28,35H,1,9-10,13-16,18H2,2-6H3/b32-23-/t26?,27?,28-,30?,31-/m0/s1. The normalized spacial score (nSPS) is 34.4. The quantitative estimate of drug-likeness (QED) is 0.219. The number of ether oxygens (including phenoxy) is 1. The average Bonchev–Trinajstić information content (AvgIpc) is 3.15. The molecule has 4 aliphatic carbocycles. The molecule has 0 saturated heterocycles. The first-order valence-electron chi connectivity index (χ1n) is 13.4. The number of oxime groups is 1. The Balaban J connectivity index is 1.68. The van der Waals surface area contributed by atoms with Gasteiger partial charge in [-0.05, 0) is 104 Å². The molecule has 0 spiro atoms. The highest BCUT2D eigenvalue weighted by Gasteiger charge is 2.65. The van der Waals surface area contributed by atoms with Crippen LogP contribution in [0.15, 0.2) is 64.4 Å². The molecule has 36 heavy (non-hydrogen) atoms. The van der Waals surface area contributed by atoms with Crippen LogP contribution in [0.5, 0.6) is 0 Å². The molecule has 5 nitrogen and oxygen atoms in total. The summed E-state index contributed by atoms with van der Waals surface area (Å²) in [5.41, 5.74) is 7.90. The lowest BCUT2D eigenvalue weighted by Crippen LogP contribution is -2.54. The van der Waals surface area contributed by atoms with Crippen LogP contribution in [0.3, 0.4) is 0 Å². The number of esters is 1. The second kappa shape index (κ2) is 8.93. The van der Waals surface area contributed by atoms with Gasteiger partial charge in [-0.2, -0.15) is 0 Å². The average molecular weight is 489 g/mol. The van der Waals surface area contributed by atoms with Crippen molar-refractivity contribution in [1.82, 2.24) is 0 Å². The van der Waals surface area contributed by atoms with E-state index < -0.39 is 5.60 Å². The summed E-state index contributed by atoms with van der Waals surface area (Å²) in [5, 5.41) is 13.0. The van der Waals surface area contributed by atoms with Gasteiger partial charge in [-0.15, -0.1) is 0 Å². The molecule has 0 bridgehead atoms. The molecule has 1 aromatic rings. The molecule has 0 amide bonds. The predicted molar refractivity (Wildman–Crippen MR) is 145 cm³/mol. The van der Waals surface area contributed by atoms with E-state index in [0.29, 0.717) is 11.8 Å². The summed E-state index contributed by atoms with van der Waals surface area (Å²) >= 11 is 0. The van der Waals surface area contributed by atoms with E-state index in [1.54, 1.807) is 5.57 Å². The fraction of sp³-hybridized carbons (Fsp3) is 0.548. The van der Waals surface area contributed by atoms with Crippen molar-refractivity contribution in [3.8, 4) is 0 Å². The Hall–Kier alpha value is -2.82. The number of nitrogens with zero attached hydrogens (tertiary/aromatic N) is 2. The molecule has 3 unspecified atom stereocenters. The predicted octanol–water partition coefficient (Wildman–Crippen LogP) is 6.79. The van der Waals surface area contributed by atoms with Crippen LogP contribution in [-0.4, -0.2) is 36.6 Å². The van der Waals surface area contributed by atoms with Crippen molar-refractivity contribution in [2.24, 2.45) is 22.4 Å².